The van der Waals surface area contributed by atoms with E-state index in [9.17, 15) is 14.0 Å². The highest BCUT2D eigenvalue weighted by molar-refractivity contribution is 7.18. The largest absolute Gasteiger partial charge is 0.324 e. The van der Waals surface area contributed by atoms with Gasteiger partial charge in [-0.3, -0.25) is 14.2 Å². The highest BCUT2D eigenvalue weighted by atomic mass is 32.1. The average molecular weight is 385 g/mol. The van der Waals surface area contributed by atoms with Gasteiger partial charge in [0.2, 0.25) is 5.91 Å². The minimum absolute atomic E-state index is 0.154. The third-order valence-electron chi connectivity index (χ3n) is 5.05. The van der Waals surface area contributed by atoms with Crippen LogP contribution in [0.2, 0.25) is 0 Å². The number of carbonyl (C=O) groups excluding carboxylic acids is 1. The Labute approximate surface area is 159 Å². The molecule has 1 aliphatic rings. The first-order valence-corrected chi connectivity index (χ1v) is 9.79. The van der Waals surface area contributed by atoms with Crippen molar-refractivity contribution in [1.29, 1.82) is 0 Å². The lowest BCUT2D eigenvalue weighted by molar-refractivity contribution is -0.116. The van der Waals surface area contributed by atoms with Crippen molar-refractivity contribution in [1.82, 2.24) is 9.55 Å². The molecule has 0 saturated heterocycles. The molecule has 1 N–H and O–H groups in total. The van der Waals surface area contributed by atoms with Crippen molar-refractivity contribution in [3.8, 4) is 0 Å². The number of fused-ring (bicyclic) bond motifs is 3. The Hall–Kier alpha value is -2.54. The second-order valence-electron chi connectivity index (χ2n) is 7.22. The van der Waals surface area contributed by atoms with Crippen molar-refractivity contribution in [2.45, 2.75) is 39.7 Å². The zero-order valence-corrected chi connectivity index (χ0v) is 16.0. The maximum atomic E-state index is 13.6. The molecule has 0 radical (unpaired) electrons. The van der Waals surface area contributed by atoms with E-state index in [1.54, 1.807) is 30.4 Å². The Morgan fingerprint density at radius 3 is 3.04 bits per heavy atom. The molecule has 2 aromatic heterocycles. The van der Waals surface area contributed by atoms with Crippen molar-refractivity contribution in [3.05, 3.63) is 56.7 Å². The second-order valence-corrected chi connectivity index (χ2v) is 8.31. The third kappa shape index (κ3) is 3.39. The third-order valence-corrected chi connectivity index (χ3v) is 6.21. The normalized spacial score (nSPS) is 16.3. The molecule has 1 atom stereocenters. The van der Waals surface area contributed by atoms with Gasteiger partial charge in [0.25, 0.3) is 5.56 Å². The molecule has 140 valence electrons. The molecule has 2 heterocycles. The molecule has 0 bridgehead atoms. The monoisotopic (exact) mass is 385 g/mol. The number of nitrogens with zero attached hydrogens (tertiary/aromatic N) is 2. The Morgan fingerprint density at radius 1 is 1.44 bits per heavy atom. The summed E-state index contributed by atoms with van der Waals surface area (Å²) in [7, 11) is 0. The second kappa shape index (κ2) is 6.88. The number of nitrogens with one attached hydrogen (secondary N) is 1. The van der Waals surface area contributed by atoms with Crippen molar-refractivity contribution >= 4 is 33.1 Å². The summed E-state index contributed by atoms with van der Waals surface area (Å²) in [5, 5.41) is 3.28. The van der Waals surface area contributed by atoms with Gasteiger partial charge in [0, 0.05) is 10.6 Å². The van der Waals surface area contributed by atoms with Gasteiger partial charge in [0.15, 0.2) is 0 Å². The van der Waals surface area contributed by atoms with Gasteiger partial charge in [-0.25, -0.2) is 9.37 Å². The minimum atomic E-state index is -0.390. The summed E-state index contributed by atoms with van der Waals surface area (Å²) in [6, 6.07) is 4.51. The van der Waals surface area contributed by atoms with E-state index in [2.05, 4.69) is 17.2 Å². The summed E-state index contributed by atoms with van der Waals surface area (Å²) in [4.78, 5) is 31.6. The molecule has 3 aromatic rings. The van der Waals surface area contributed by atoms with Crippen LogP contribution in [0, 0.1) is 18.7 Å². The summed E-state index contributed by atoms with van der Waals surface area (Å²) in [5.41, 5.74) is 1.79. The van der Waals surface area contributed by atoms with Crippen molar-refractivity contribution in [2.24, 2.45) is 5.92 Å². The SMILES string of the molecule is Cc1ccc(NC(=O)Cn2cnc3sc4c(c3c2=O)CCC(C)C4)cc1F. The van der Waals surface area contributed by atoms with Gasteiger partial charge in [0.1, 0.15) is 17.2 Å². The van der Waals surface area contributed by atoms with Crippen molar-refractivity contribution < 1.29 is 9.18 Å². The molecule has 4 rings (SSSR count). The topological polar surface area (TPSA) is 64.0 Å². The zero-order chi connectivity index (χ0) is 19.1. The number of hydrogen-bond donors (Lipinski definition) is 1. The van der Waals surface area contributed by atoms with Crippen LogP contribution in [-0.2, 0) is 24.2 Å². The predicted molar refractivity (Wildman–Crippen MR) is 105 cm³/mol. The molecule has 0 fully saturated rings. The molecule has 0 spiro atoms. The van der Waals surface area contributed by atoms with E-state index in [0.29, 0.717) is 22.6 Å². The molecule has 1 aliphatic carbocycles. The smallest absolute Gasteiger partial charge is 0.262 e. The van der Waals surface area contributed by atoms with Crippen LogP contribution in [0.1, 0.15) is 29.3 Å². The summed E-state index contributed by atoms with van der Waals surface area (Å²) in [6.45, 7) is 3.72. The number of hydrogen-bond acceptors (Lipinski definition) is 4. The lowest BCUT2D eigenvalue weighted by atomic mass is 9.89. The van der Waals surface area contributed by atoms with Crippen LogP contribution in [0.15, 0.2) is 29.3 Å². The van der Waals surface area contributed by atoms with Crippen LogP contribution in [0.4, 0.5) is 10.1 Å². The number of amides is 1. The fourth-order valence-electron chi connectivity index (χ4n) is 3.50. The molecule has 0 saturated carbocycles. The summed E-state index contributed by atoms with van der Waals surface area (Å²) < 4.78 is 15.0. The highest BCUT2D eigenvalue weighted by Crippen LogP contribution is 2.35. The number of aryl methyl sites for hydroxylation is 2. The van der Waals surface area contributed by atoms with Gasteiger partial charge in [-0.05, 0) is 55.4 Å². The quantitative estimate of drug-likeness (QED) is 0.748. The molecule has 1 unspecified atom stereocenters. The molecule has 5 nitrogen and oxygen atoms in total. The van der Waals surface area contributed by atoms with E-state index < -0.39 is 0 Å². The molecule has 7 heteroatoms. The highest BCUT2D eigenvalue weighted by Gasteiger charge is 2.23. The Kier molecular flexibility index (Phi) is 4.55. The number of halogens is 1. The van der Waals surface area contributed by atoms with E-state index in [4.69, 9.17) is 0 Å². The van der Waals surface area contributed by atoms with E-state index in [-0.39, 0.29) is 23.8 Å². The first kappa shape index (κ1) is 17.9. The number of aromatic nitrogens is 2. The van der Waals surface area contributed by atoms with Crippen LogP contribution < -0.4 is 10.9 Å². The van der Waals surface area contributed by atoms with Gasteiger partial charge in [-0.1, -0.05) is 13.0 Å². The van der Waals surface area contributed by atoms with Crippen LogP contribution in [0.25, 0.3) is 10.2 Å². The average Bonchev–Trinajstić information content (AvgIpc) is 2.98. The lowest BCUT2D eigenvalue weighted by Gasteiger charge is -2.17. The molecule has 27 heavy (non-hydrogen) atoms. The minimum Gasteiger partial charge on any atom is -0.324 e. The summed E-state index contributed by atoms with van der Waals surface area (Å²) in [6.07, 6.45) is 4.35. The number of carbonyl (C=O) groups is 1. The van der Waals surface area contributed by atoms with Crippen LogP contribution in [0.5, 0.6) is 0 Å². The Bertz CT molecular complexity index is 1100. The standard InChI is InChI=1S/C20H20FN3O2S/c1-11-3-6-14-16(7-11)27-19-18(14)20(26)24(10-22-19)9-17(25)23-13-5-4-12(2)15(21)8-13/h4-5,8,10-11H,3,6-7,9H2,1-2H3,(H,23,25). The van der Waals surface area contributed by atoms with E-state index in [1.807, 2.05) is 0 Å². The molecule has 1 aromatic carbocycles. The maximum absolute atomic E-state index is 13.6. The first-order chi connectivity index (χ1) is 12.9. The molecular weight excluding hydrogens is 365 g/mol. The van der Waals surface area contributed by atoms with Crippen LogP contribution in [-0.4, -0.2) is 15.5 Å². The molecular formula is C20H20FN3O2S. The van der Waals surface area contributed by atoms with Gasteiger partial charge < -0.3 is 5.32 Å². The first-order valence-electron chi connectivity index (χ1n) is 8.98. The zero-order valence-electron chi connectivity index (χ0n) is 15.2. The van der Waals surface area contributed by atoms with Gasteiger partial charge in [-0.15, -0.1) is 11.3 Å². The molecule has 1 amide bonds. The Morgan fingerprint density at radius 2 is 2.26 bits per heavy atom. The number of anilines is 1. The Balaban J connectivity index is 1.60. The number of thiophene rings is 1. The van der Waals surface area contributed by atoms with Gasteiger partial charge >= 0.3 is 0 Å². The number of rotatable bonds is 3. The van der Waals surface area contributed by atoms with Crippen molar-refractivity contribution in [2.75, 3.05) is 5.32 Å². The maximum Gasteiger partial charge on any atom is 0.262 e. The van der Waals surface area contributed by atoms with Crippen molar-refractivity contribution in [3.63, 3.8) is 0 Å². The van der Waals surface area contributed by atoms with Crippen LogP contribution in [0.3, 0.4) is 0 Å². The summed E-state index contributed by atoms with van der Waals surface area (Å²) in [5.74, 6) is -0.153. The fraction of sp³-hybridized carbons (Fsp3) is 0.350. The van der Waals surface area contributed by atoms with Gasteiger partial charge in [-0.2, -0.15) is 0 Å². The van der Waals surface area contributed by atoms with Gasteiger partial charge in [0.05, 0.1) is 11.7 Å². The molecule has 0 aliphatic heterocycles. The fourth-order valence-corrected chi connectivity index (χ4v) is 4.85. The van der Waals surface area contributed by atoms with E-state index in [0.717, 1.165) is 29.7 Å². The predicted octanol–water partition coefficient (Wildman–Crippen LogP) is 3.67. The number of benzene rings is 1. The summed E-state index contributed by atoms with van der Waals surface area (Å²) >= 11 is 1.58. The lowest BCUT2D eigenvalue weighted by Crippen LogP contribution is -2.28. The van der Waals surface area contributed by atoms with Crippen LogP contribution >= 0.6 is 11.3 Å². The van der Waals surface area contributed by atoms with E-state index >= 15 is 0 Å². The van der Waals surface area contributed by atoms with E-state index in [1.165, 1.54) is 21.8 Å².